The number of aromatic nitrogens is 3. The van der Waals surface area contributed by atoms with Crippen molar-refractivity contribution in [2.75, 3.05) is 13.1 Å². The third-order valence-electron chi connectivity index (χ3n) is 5.08. The molecule has 1 aliphatic carbocycles. The van der Waals surface area contributed by atoms with Gasteiger partial charge >= 0.3 is 0 Å². The minimum Gasteiger partial charge on any atom is -0.352 e. The first-order valence-electron chi connectivity index (χ1n) is 9.28. The molecule has 2 amide bonds. The Labute approximate surface area is 156 Å². The van der Waals surface area contributed by atoms with Crippen molar-refractivity contribution in [3.05, 3.63) is 47.3 Å². The lowest BCUT2D eigenvalue weighted by Gasteiger charge is -2.32. The van der Waals surface area contributed by atoms with Gasteiger partial charge < -0.3 is 14.8 Å². The van der Waals surface area contributed by atoms with Crippen LogP contribution in [0.2, 0.25) is 0 Å². The van der Waals surface area contributed by atoms with Crippen molar-refractivity contribution in [1.82, 2.24) is 25.0 Å². The number of halogens is 1. The molecular formula is C19H22FN5O2. The van der Waals surface area contributed by atoms with Crippen molar-refractivity contribution in [3.8, 4) is 0 Å². The number of rotatable bonds is 5. The molecule has 1 aliphatic heterocycles. The quantitative estimate of drug-likeness (QED) is 0.872. The van der Waals surface area contributed by atoms with Crippen LogP contribution in [0.3, 0.4) is 0 Å². The molecule has 0 bridgehead atoms. The van der Waals surface area contributed by atoms with Gasteiger partial charge in [0.15, 0.2) is 5.82 Å². The molecule has 142 valence electrons. The summed E-state index contributed by atoms with van der Waals surface area (Å²) in [6.45, 7) is 3.39. The smallest absolute Gasteiger partial charge is 0.251 e. The zero-order chi connectivity index (χ0) is 19.0. The van der Waals surface area contributed by atoms with Gasteiger partial charge in [0.25, 0.3) is 5.91 Å². The van der Waals surface area contributed by atoms with E-state index in [2.05, 4.69) is 27.0 Å². The predicted molar refractivity (Wildman–Crippen MR) is 95.5 cm³/mol. The number of nitrogens with zero attached hydrogens (tertiary/aromatic N) is 4. The van der Waals surface area contributed by atoms with E-state index in [0.29, 0.717) is 24.6 Å². The normalized spacial score (nSPS) is 18.9. The van der Waals surface area contributed by atoms with E-state index in [1.807, 2.05) is 0 Å². The summed E-state index contributed by atoms with van der Waals surface area (Å²) in [6, 6.07) is 5.46. The second-order valence-electron chi connectivity index (χ2n) is 7.25. The molecule has 0 spiro atoms. The van der Waals surface area contributed by atoms with E-state index in [0.717, 1.165) is 11.6 Å². The van der Waals surface area contributed by atoms with Gasteiger partial charge in [0, 0.05) is 31.0 Å². The van der Waals surface area contributed by atoms with Crippen molar-refractivity contribution < 1.29 is 14.0 Å². The van der Waals surface area contributed by atoms with Crippen molar-refractivity contribution in [3.63, 3.8) is 0 Å². The average Bonchev–Trinajstić information content (AvgIpc) is 3.41. The Balaban J connectivity index is 1.31. The van der Waals surface area contributed by atoms with E-state index in [9.17, 15) is 14.0 Å². The predicted octanol–water partition coefficient (Wildman–Crippen LogP) is 2.02. The minimum absolute atomic E-state index is 0.0246. The molecule has 2 heterocycles. The summed E-state index contributed by atoms with van der Waals surface area (Å²) in [7, 11) is 0. The van der Waals surface area contributed by atoms with Gasteiger partial charge in [-0.1, -0.05) is 0 Å². The molecule has 1 fully saturated rings. The Kier molecular flexibility index (Phi) is 4.63. The summed E-state index contributed by atoms with van der Waals surface area (Å²) < 4.78 is 15.1. The Morgan fingerprint density at radius 3 is 2.67 bits per heavy atom. The Morgan fingerprint density at radius 1 is 1.22 bits per heavy atom. The molecule has 0 unspecified atom stereocenters. The summed E-state index contributed by atoms with van der Waals surface area (Å²) in [6.07, 6.45) is 2.55. The van der Waals surface area contributed by atoms with Gasteiger partial charge in [-0.05, 0) is 44.0 Å². The standard InChI is InChI=1S/C19H22FN5O2/c1-12-10-24(11-16-22-23-18(25(12)16)13-2-3-13)17(26)8-9-21-19(27)14-4-6-15(20)7-5-14/h4-7,12-13H,2-3,8-11H2,1H3,(H,21,27)/t12-/m0/s1. The molecule has 1 N–H and O–H groups in total. The maximum atomic E-state index is 12.9. The SMILES string of the molecule is C[C@H]1CN(C(=O)CCNC(=O)c2ccc(F)cc2)Cc2nnc(C3CC3)n21. The lowest BCUT2D eigenvalue weighted by atomic mass is 10.2. The molecule has 2 aromatic rings. The van der Waals surface area contributed by atoms with E-state index < -0.39 is 5.82 Å². The fourth-order valence-electron chi connectivity index (χ4n) is 3.52. The molecule has 27 heavy (non-hydrogen) atoms. The number of nitrogens with one attached hydrogen (secondary N) is 1. The Bertz CT molecular complexity index is 859. The minimum atomic E-state index is -0.390. The van der Waals surface area contributed by atoms with Crippen LogP contribution in [0.25, 0.3) is 0 Å². The van der Waals surface area contributed by atoms with Crippen LogP contribution in [0.4, 0.5) is 4.39 Å². The summed E-state index contributed by atoms with van der Waals surface area (Å²) in [5.74, 6) is 1.68. The molecule has 1 saturated carbocycles. The van der Waals surface area contributed by atoms with E-state index >= 15 is 0 Å². The number of benzene rings is 1. The third-order valence-corrected chi connectivity index (χ3v) is 5.08. The number of hydrogen-bond acceptors (Lipinski definition) is 4. The summed E-state index contributed by atoms with van der Waals surface area (Å²) in [5.41, 5.74) is 0.371. The number of carbonyl (C=O) groups is 2. The monoisotopic (exact) mass is 371 g/mol. The van der Waals surface area contributed by atoms with Gasteiger partial charge in [-0.3, -0.25) is 9.59 Å². The zero-order valence-corrected chi connectivity index (χ0v) is 15.2. The lowest BCUT2D eigenvalue weighted by Crippen LogP contribution is -2.42. The first-order valence-corrected chi connectivity index (χ1v) is 9.28. The van der Waals surface area contributed by atoms with Crippen molar-refractivity contribution >= 4 is 11.8 Å². The molecular weight excluding hydrogens is 349 g/mol. The van der Waals surface area contributed by atoms with Crippen LogP contribution >= 0.6 is 0 Å². The second kappa shape index (κ2) is 7.09. The van der Waals surface area contributed by atoms with E-state index in [1.54, 1.807) is 4.90 Å². The third kappa shape index (κ3) is 3.70. The Hall–Kier alpha value is -2.77. The van der Waals surface area contributed by atoms with Gasteiger partial charge in [-0.2, -0.15) is 0 Å². The fourth-order valence-corrected chi connectivity index (χ4v) is 3.52. The maximum absolute atomic E-state index is 12.9. The summed E-state index contributed by atoms with van der Waals surface area (Å²) in [4.78, 5) is 26.3. The highest BCUT2D eigenvalue weighted by Crippen LogP contribution is 2.40. The maximum Gasteiger partial charge on any atom is 0.251 e. The number of carbonyl (C=O) groups excluding carboxylic acids is 2. The molecule has 1 aromatic heterocycles. The van der Waals surface area contributed by atoms with Gasteiger partial charge in [0.05, 0.1) is 12.6 Å². The highest BCUT2D eigenvalue weighted by Gasteiger charge is 2.35. The molecule has 0 saturated heterocycles. The average molecular weight is 371 g/mol. The molecule has 7 nitrogen and oxygen atoms in total. The largest absolute Gasteiger partial charge is 0.352 e. The van der Waals surface area contributed by atoms with Crippen LogP contribution in [-0.2, 0) is 11.3 Å². The molecule has 1 atom stereocenters. The van der Waals surface area contributed by atoms with Gasteiger partial charge in [0.2, 0.25) is 5.91 Å². The van der Waals surface area contributed by atoms with Crippen LogP contribution in [-0.4, -0.2) is 44.6 Å². The van der Waals surface area contributed by atoms with Crippen LogP contribution in [0.5, 0.6) is 0 Å². The highest BCUT2D eigenvalue weighted by molar-refractivity contribution is 5.94. The number of hydrogen-bond donors (Lipinski definition) is 1. The van der Waals surface area contributed by atoms with Gasteiger partial charge in [-0.15, -0.1) is 10.2 Å². The highest BCUT2D eigenvalue weighted by atomic mass is 19.1. The fraction of sp³-hybridized carbons (Fsp3) is 0.474. The van der Waals surface area contributed by atoms with Crippen molar-refractivity contribution in [2.24, 2.45) is 0 Å². The van der Waals surface area contributed by atoms with Crippen LogP contribution in [0, 0.1) is 5.82 Å². The first kappa shape index (κ1) is 17.6. The molecule has 0 radical (unpaired) electrons. The molecule has 8 heteroatoms. The van der Waals surface area contributed by atoms with Crippen molar-refractivity contribution in [2.45, 2.75) is 44.7 Å². The number of fused-ring (bicyclic) bond motifs is 1. The summed E-state index contributed by atoms with van der Waals surface area (Å²) >= 11 is 0. The number of amides is 2. The molecule has 4 rings (SSSR count). The van der Waals surface area contributed by atoms with E-state index in [-0.39, 0.29) is 30.8 Å². The van der Waals surface area contributed by atoms with E-state index in [1.165, 1.54) is 37.1 Å². The van der Waals surface area contributed by atoms with Crippen LogP contribution in [0.15, 0.2) is 24.3 Å². The van der Waals surface area contributed by atoms with Crippen molar-refractivity contribution in [1.29, 1.82) is 0 Å². The van der Waals surface area contributed by atoms with E-state index in [4.69, 9.17) is 0 Å². The van der Waals surface area contributed by atoms with Crippen LogP contribution in [0.1, 0.15) is 60.2 Å². The molecule has 1 aromatic carbocycles. The summed E-state index contributed by atoms with van der Waals surface area (Å²) in [5, 5.41) is 11.3. The topological polar surface area (TPSA) is 80.1 Å². The Morgan fingerprint density at radius 2 is 1.96 bits per heavy atom. The van der Waals surface area contributed by atoms with Crippen LogP contribution < -0.4 is 5.32 Å². The first-order chi connectivity index (χ1) is 13.0. The lowest BCUT2D eigenvalue weighted by molar-refractivity contribution is -0.133. The second-order valence-corrected chi connectivity index (χ2v) is 7.25. The van der Waals surface area contributed by atoms with Gasteiger partial charge in [0.1, 0.15) is 11.6 Å². The van der Waals surface area contributed by atoms with Gasteiger partial charge in [-0.25, -0.2) is 4.39 Å². The zero-order valence-electron chi connectivity index (χ0n) is 15.2. The molecule has 2 aliphatic rings.